The van der Waals surface area contributed by atoms with Crippen molar-refractivity contribution in [2.24, 2.45) is 0 Å². The maximum atomic E-state index is 13.2. The molecule has 1 saturated heterocycles. The van der Waals surface area contributed by atoms with Crippen molar-refractivity contribution in [1.29, 1.82) is 0 Å². The molecule has 5 aromatic rings. The van der Waals surface area contributed by atoms with Gasteiger partial charge in [0, 0.05) is 34.9 Å². The number of aromatic nitrogens is 1. The summed E-state index contributed by atoms with van der Waals surface area (Å²) in [5.41, 5.74) is 4.84. The van der Waals surface area contributed by atoms with Crippen LogP contribution in [0.3, 0.4) is 0 Å². The molecule has 0 saturated carbocycles. The first-order valence-electron chi connectivity index (χ1n) is 13.6. The topological polar surface area (TPSA) is 71.4 Å². The summed E-state index contributed by atoms with van der Waals surface area (Å²) in [6.45, 7) is 4.53. The number of carbonyl (C=O) groups is 3. The first-order chi connectivity index (χ1) is 19.9. The molecule has 0 aliphatic carbocycles. The van der Waals surface area contributed by atoms with Gasteiger partial charge in [0.15, 0.2) is 0 Å². The highest BCUT2D eigenvalue weighted by Gasteiger charge is 2.36. The number of nitrogens with zero attached hydrogens (tertiary/aromatic N) is 2. The third-order valence-electron chi connectivity index (χ3n) is 7.31. The monoisotopic (exact) mass is 559 g/mol. The number of benzene rings is 4. The van der Waals surface area contributed by atoms with E-state index < -0.39 is 17.1 Å². The molecule has 1 N–H and O–H groups in total. The largest absolute Gasteiger partial charge is 0.342 e. The first kappa shape index (κ1) is 26.6. The molecule has 1 aromatic heterocycles. The predicted molar refractivity (Wildman–Crippen MR) is 167 cm³/mol. The lowest BCUT2D eigenvalue weighted by molar-refractivity contribution is -0.127. The predicted octanol–water partition coefficient (Wildman–Crippen LogP) is 7.64. The van der Waals surface area contributed by atoms with Crippen molar-refractivity contribution < 1.29 is 14.4 Å². The van der Waals surface area contributed by atoms with Crippen LogP contribution in [-0.4, -0.2) is 33.1 Å². The van der Waals surface area contributed by atoms with Crippen molar-refractivity contribution in [2.45, 2.75) is 26.3 Å². The van der Waals surface area contributed by atoms with Crippen LogP contribution < -0.4 is 5.32 Å². The Hall–Kier alpha value is -4.62. The van der Waals surface area contributed by atoms with E-state index in [1.807, 2.05) is 60.8 Å². The zero-order valence-corrected chi connectivity index (χ0v) is 23.7. The second-order valence-corrected chi connectivity index (χ2v) is 11.5. The molecule has 1 fully saturated rings. The molecule has 3 amide bonds. The lowest BCUT2D eigenvalue weighted by Gasteiger charge is -2.13. The molecule has 4 aromatic carbocycles. The summed E-state index contributed by atoms with van der Waals surface area (Å²) in [7, 11) is 0. The Bertz CT molecular complexity index is 1840. The second-order valence-electron chi connectivity index (χ2n) is 10.5. The maximum absolute atomic E-state index is 13.2. The molecule has 0 unspecified atom stereocenters. The summed E-state index contributed by atoms with van der Waals surface area (Å²) in [5.74, 6) is -0.496. The highest BCUT2D eigenvalue weighted by atomic mass is 32.2. The molecule has 0 atom stereocenters. The number of rotatable bonds is 7. The van der Waals surface area contributed by atoms with Gasteiger partial charge in [0.25, 0.3) is 11.1 Å². The SMILES string of the molecule is CC(C)c1ccc(NC(=O)CN2C(=O)S/C(=C\c3cn(Cc4ccc5ccccc5c4)c4ccccc34)C2=O)cc1. The number of hydrogen-bond donors (Lipinski definition) is 1. The Kier molecular flexibility index (Phi) is 7.20. The van der Waals surface area contributed by atoms with Crippen LogP contribution in [0.5, 0.6) is 0 Å². The highest BCUT2D eigenvalue weighted by molar-refractivity contribution is 8.18. The van der Waals surface area contributed by atoms with Gasteiger partial charge in [-0.05, 0) is 69.9 Å². The number of amides is 3. The number of imide groups is 1. The Labute approximate surface area is 242 Å². The van der Waals surface area contributed by atoms with Gasteiger partial charge < -0.3 is 9.88 Å². The zero-order chi connectivity index (χ0) is 28.5. The minimum atomic E-state index is -0.461. The van der Waals surface area contributed by atoms with E-state index in [9.17, 15) is 14.4 Å². The van der Waals surface area contributed by atoms with Crippen molar-refractivity contribution >= 4 is 62.3 Å². The first-order valence-corrected chi connectivity index (χ1v) is 14.4. The lowest BCUT2D eigenvalue weighted by Crippen LogP contribution is -2.36. The minimum Gasteiger partial charge on any atom is -0.342 e. The molecule has 0 spiro atoms. The van der Waals surface area contributed by atoms with Crippen LogP contribution >= 0.6 is 11.8 Å². The van der Waals surface area contributed by atoms with E-state index in [4.69, 9.17) is 0 Å². The third kappa shape index (κ3) is 5.54. The van der Waals surface area contributed by atoms with Gasteiger partial charge >= 0.3 is 0 Å². The molecule has 6 rings (SSSR count). The van der Waals surface area contributed by atoms with E-state index in [0.29, 0.717) is 23.1 Å². The van der Waals surface area contributed by atoms with Crippen molar-refractivity contribution in [3.8, 4) is 0 Å². The quantitative estimate of drug-likeness (QED) is 0.208. The number of nitrogens with one attached hydrogen (secondary N) is 1. The number of fused-ring (bicyclic) bond motifs is 2. The van der Waals surface area contributed by atoms with Crippen molar-refractivity contribution in [1.82, 2.24) is 9.47 Å². The molecule has 7 heteroatoms. The van der Waals surface area contributed by atoms with Crippen LogP contribution in [0.25, 0.3) is 27.8 Å². The average molecular weight is 560 g/mol. The number of hydrogen-bond acceptors (Lipinski definition) is 4. The maximum Gasteiger partial charge on any atom is 0.294 e. The van der Waals surface area contributed by atoms with Gasteiger partial charge in [-0.15, -0.1) is 0 Å². The average Bonchev–Trinajstić information content (AvgIpc) is 3.44. The van der Waals surface area contributed by atoms with Crippen LogP contribution in [0.1, 0.15) is 36.5 Å². The van der Waals surface area contributed by atoms with Crippen LogP contribution in [-0.2, 0) is 16.1 Å². The molecule has 0 bridgehead atoms. The van der Waals surface area contributed by atoms with Gasteiger partial charge in [-0.2, -0.15) is 0 Å². The summed E-state index contributed by atoms with van der Waals surface area (Å²) in [6.07, 6.45) is 3.77. The van der Waals surface area contributed by atoms with Gasteiger partial charge in [0.05, 0.1) is 4.91 Å². The zero-order valence-electron chi connectivity index (χ0n) is 22.8. The number of thioether (sulfide) groups is 1. The number of para-hydroxylation sites is 1. The summed E-state index contributed by atoms with van der Waals surface area (Å²) in [5, 5.41) is 5.71. The van der Waals surface area contributed by atoms with Crippen molar-refractivity contribution in [2.75, 3.05) is 11.9 Å². The Morgan fingerprint density at radius 2 is 1.63 bits per heavy atom. The van der Waals surface area contributed by atoms with Gasteiger partial charge in [0.2, 0.25) is 5.91 Å². The van der Waals surface area contributed by atoms with Gasteiger partial charge in [-0.3, -0.25) is 19.3 Å². The molecule has 204 valence electrons. The fourth-order valence-electron chi connectivity index (χ4n) is 5.13. The number of anilines is 1. The molecule has 41 heavy (non-hydrogen) atoms. The van der Waals surface area contributed by atoms with E-state index in [2.05, 4.69) is 60.1 Å². The number of carbonyl (C=O) groups excluding carboxylic acids is 3. The fraction of sp³-hybridized carbons (Fsp3) is 0.147. The summed E-state index contributed by atoms with van der Waals surface area (Å²) in [6, 6.07) is 30.3. The van der Waals surface area contributed by atoms with Crippen LogP contribution in [0.4, 0.5) is 10.5 Å². The Morgan fingerprint density at radius 3 is 2.41 bits per heavy atom. The van der Waals surface area contributed by atoms with Crippen LogP contribution in [0.15, 0.2) is 102 Å². The van der Waals surface area contributed by atoms with E-state index in [1.165, 1.54) is 16.3 Å². The van der Waals surface area contributed by atoms with E-state index in [-0.39, 0.29) is 6.54 Å². The normalized spacial score (nSPS) is 14.6. The molecule has 6 nitrogen and oxygen atoms in total. The Balaban J connectivity index is 1.21. The van der Waals surface area contributed by atoms with E-state index >= 15 is 0 Å². The van der Waals surface area contributed by atoms with Crippen molar-refractivity contribution in [3.63, 3.8) is 0 Å². The molecule has 1 aliphatic rings. The molecule has 0 radical (unpaired) electrons. The van der Waals surface area contributed by atoms with Gasteiger partial charge in [-0.1, -0.05) is 80.6 Å². The van der Waals surface area contributed by atoms with Gasteiger partial charge in [-0.25, -0.2) is 0 Å². The lowest BCUT2D eigenvalue weighted by atomic mass is 10.0. The van der Waals surface area contributed by atoms with Gasteiger partial charge in [0.1, 0.15) is 6.54 Å². The summed E-state index contributed by atoms with van der Waals surface area (Å²) >= 11 is 0.863. The smallest absolute Gasteiger partial charge is 0.294 e. The second kappa shape index (κ2) is 11.1. The van der Waals surface area contributed by atoms with Crippen LogP contribution in [0.2, 0.25) is 0 Å². The van der Waals surface area contributed by atoms with Crippen LogP contribution in [0, 0.1) is 0 Å². The summed E-state index contributed by atoms with van der Waals surface area (Å²) in [4.78, 5) is 40.0. The standard InChI is InChI=1S/C34H29N3O3S/c1-22(2)24-13-15-28(16-14-24)35-32(38)21-37-33(39)31(41-34(37)40)18-27-20-36(30-10-6-5-9-29(27)30)19-23-11-12-25-7-3-4-8-26(25)17-23/h3-18,20,22H,19,21H2,1-2H3,(H,35,38)/b31-18-. The molecular weight excluding hydrogens is 530 g/mol. The molecule has 2 heterocycles. The molecule has 1 aliphatic heterocycles. The Morgan fingerprint density at radius 1 is 0.902 bits per heavy atom. The third-order valence-corrected chi connectivity index (χ3v) is 8.22. The minimum absolute atomic E-state index is 0.303. The van der Waals surface area contributed by atoms with E-state index in [0.717, 1.165) is 38.7 Å². The summed E-state index contributed by atoms with van der Waals surface area (Å²) < 4.78 is 2.16. The fourth-order valence-corrected chi connectivity index (χ4v) is 5.96. The van der Waals surface area contributed by atoms with E-state index in [1.54, 1.807) is 6.08 Å². The molecular formula is C34H29N3O3S. The highest BCUT2D eigenvalue weighted by Crippen LogP contribution is 2.34. The van der Waals surface area contributed by atoms with Crippen molar-refractivity contribution in [3.05, 3.63) is 119 Å².